The number of benzene rings is 1. The first-order valence-corrected chi connectivity index (χ1v) is 8.45. The molecule has 2 unspecified atom stereocenters. The van der Waals surface area contributed by atoms with Gasteiger partial charge in [-0.3, -0.25) is 4.79 Å². The normalized spacial score (nSPS) is 27.4. The molecule has 22 heavy (non-hydrogen) atoms. The molecule has 0 amide bonds. The highest BCUT2D eigenvalue weighted by Crippen LogP contribution is 2.53. The maximum absolute atomic E-state index is 11.7. The van der Waals surface area contributed by atoms with Crippen LogP contribution in [-0.4, -0.2) is 13.1 Å². The molecule has 3 atom stereocenters. The van der Waals surface area contributed by atoms with Gasteiger partial charge in [0.25, 0.3) is 0 Å². The number of hydrogen-bond donors (Lipinski definition) is 0. The Morgan fingerprint density at radius 3 is 2.27 bits per heavy atom. The van der Waals surface area contributed by atoms with Crippen LogP contribution in [0.4, 0.5) is 0 Å². The summed E-state index contributed by atoms with van der Waals surface area (Å²) in [7, 11) is 1.44. The highest BCUT2D eigenvalue weighted by molar-refractivity contribution is 9.10. The Bertz CT molecular complexity index is 531. The quantitative estimate of drug-likeness (QED) is 0.523. The molecule has 3 heteroatoms. The largest absolute Gasteiger partial charge is 0.469 e. The van der Waals surface area contributed by atoms with Gasteiger partial charge in [0, 0.05) is 16.3 Å². The van der Waals surface area contributed by atoms with Crippen LogP contribution >= 0.6 is 15.9 Å². The van der Waals surface area contributed by atoms with Crippen LogP contribution in [0.1, 0.15) is 31.2 Å². The first kappa shape index (κ1) is 17.0. The molecule has 0 aliphatic heterocycles. The highest BCUT2D eigenvalue weighted by atomic mass is 79.9. The topological polar surface area (TPSA) is 26.3 Å². The van der Waals surface area contributed by atoms with E-state index in [1.165, 1.54) is 12.7 Å². The van der Waals surface area contributed by atoms with E-state index >= 15 is 0 Å². The van der Waals surface area contributed by atoms with Gasteiger partial charge in [0.15, 0.2) is 0 Å². The predicted molar refractivity (Wildman–Crippen MR) is 93.7 cm³/mol. The summed E-state index contributed by atoms with van der Waals surface area (Å²) in [5.74, 6) is 0.539. The average molecular weight is 363 g/mol. The molecule has 0 spiro atoms. The van der Waals surface area contributed by atoms with Crippen molar-refractivity contribution in [2.24, 2.45) is 11.8 Å². The van der Waals surface area contributed by atoms with E-state index in [0.29, 0.717) is 18.3 Å². The van der Waals surface area contributed by atoms with E-state index in [0.717, 1.165) is 23.7 Å². The fourth-order valence-electron chi connectivity index (χ4n) is 3.92. The van der Waals surface area contributed by atoms with Gasteiger partial charge in [-0.15, -0.1) is 13.2 Å². The maximum atomic E-state index is 11.7. The molecule has 0 N–H and O–H groups in total. The van der Waals surface area contributed by atoms with E-state index in [1.54, 1.807) is 0 Å². The molecule has 1 saturated carbocycles. The number of rotatable bonds is 6. The molecule has 0 aromatic heterocycles. The van der Waals surface area contributed by atoms with Gasteiger partial charge in [0.2, 0.25) is 0 Å². The monoisotopic (exact) mass is 362 g/mol. The summed E-state index contributed by atoms with van der Waals surface area (Å²) in [5.41, 5.74) is 1.14. The lowest BCUT2D eigenvalue weighted by atomic mass is 9.64. The minimum Gasteiger partial charge on any atom is -0.469 e. The smallest absolute Gasteiger partial charge is 0.305 e. The molecule has 118 valence electrons. The Kier molecular flexibility index (Phi) is 5.63. The van der Waals surface area contributed by atoms with Crippen molar-refractivity contribution >= 4 is 21.9 Å². The second kappa shape index (κ2) is 7.28. The second-order valence-corrected chi connectivity index (χ2v) is 6.80. The Hall–Kier alpha value is -1.35. The molecule has 1 aliphatic carbocycles. The minimum absolute atomic E-state index is 0.113. The van der Waals surface area contributed by atoms with Gasteiger partial charge < -0.3 is 4.74 Å². The molecular formula is C19H23BrO2. The standard InChI is InChI=1S/C19H23BrO2/c1-4-14-6-7-15(5-2)19(14,13-12-18(21)22-3)16-8-10-17(20)11-9-16/h4-5,8-11,14-15H,1-2,6-7,12-13H2,3H3/t14-,15?,19?/m0/s1. The summed E-state index contributed by atoms with van der Waals surface area (Å²) in [4.78, 5) is 11.7. The lowest BCUT2D eigenvalue weighted by Crippen LogP contribution is -2.36. The minimum atomic E-state index is -0.158. The maximum Gasteiger partial charge on any atom is 0.305 e. The van der Waals surface area contributed by atoms with E-state index in [2.05, 4.69) is 53.4 Å². The molecule has 0 saturated heterocycles. The van der Waals surface area contributed by atoms with Crippen LogP contribution in [0.25, 0.3) is 0 Å². The van der Waals surface area contributed by atoms with Gasteiger partial charge >= 0.3 is 5.97 Å². The number of carbonyl (C=O) groups excluding carboxylic acids is 1. The van der Waals surface area contributed by atoms with Crippen molar-refractivity contribution in [3.63, 3.8) is 0 Å². The first-order valence-electron chi connectivity index (χ1n) is 7.66. The molecule has 2 rings (SSSR count). The third kappa shape index (κ3) is 3.05. The van der Waals surface area contributed by atoms with Gasteiger partial charge in [-0.25, -0.2) is 0 Å². The molecule has 2 nitrogen and oxygen atoms in total. The van der Waals surface area contributed by atoms with Crippen LogP contribution in [0.3, 0.4) is 0 Å². The fourth-order valence-corrected chi connectivity index (χ4v) is 4.18. The van der Waals surface area contributed by atoms with Gasteiger partial charge in [-0.1, -0.05) is 40.2 Å². The van der Waals surface area contributed by atoms with Crippen molar-refractivity contribution in [1.29, 1.82) is 0 Å². The van der Waals surface area contributed by atoms with Crippen molar-refractivity contribution in [2.75, 3.05) is 7.11 Å². The van der Waals surface area contributed by atoms with Crippen LogP contribution in [0.5, 0.6) is 0 Å². The van der Waals surface area contributed by atoms with Crippen molar-refractivity contribution in [1.82, 2.24) is 0 Å². The summed E-state index contributed by atoms with van der Waals surface area (Å²) in [6.45, 7) is 8.07. The van der Waals surface area contributed by atoms with E-state index in [9.17, 15) is 4.79 Å². The number of halogens is 1. The Balaban J connectivity index is 2.46. The van der Waals surface area contributed by atoms with E-state index in [-0.39, 0.29) is 11.4 Å². The molecule has 1 fully saturated rings. The number of esters is 1. The van der Waals surface area contributed by atoms with Crippen molar-refractivity contribution in [2.45, 2.75) is 31.1 Å². The van der Waals surface area contributed by atoms with Gasteiger partial charge in [0.05, 0.1) is 7.11 Å². The fraction of sp³-hybridized carbons (Fsp3) is 0.421. The molecule has 0 heterocycles. The summed E-state index contributed by atoms with van der Waals surface area (Å²) in [6.07, 6.45) is 7.43. The molecular weight excluding hydrogens is 340 g/mol. The van der Waals surface area contributed by atoms with Crippen LogP contribution in [0.2, 0.25) is 0 Å². The lowest BCUT2D eigenvalue weighted by molar-refractivity contribution is -0.141. The summed E-state index contributed by atoms with van der Waals surface area (Å²) < 4.78 is 5.91. The Labute approximate surface area is 141 Å². The van der Waals surface area contributed by atoms with E-state index in [4.69, 9.17) is 4.74 Å². The SMILES string of the molecule is C=CC1CC[C@H](C=C)C1(CCC(=O)OC)c1ccc(Br)cc1. The third-order valence-electron chi connectivity index (χ3n) is 5.03. The number of ether oxygens (including phenoxy) is 1. The Morgan fingerprint density at radius 1 is 1.27 bits per heavy atom. The van der Waals surface area contributed by atoms with Crippen LogP contribution in [-0.2, 0) is 14.9 Å². The van der Waals surface area contributed by atoms with Crippen molar-refractivity contribution in [3.8, 4) is 0 Å². The number of allylic oxidation sites excluding steroid dienone is 2. The predicted octanol–water partition coefficient (Wildman–Crippen LogP) is 5.04. The van der Waals surface area contributed by atoms with E-state index in [1.807, 2.05) is 12.2 Å². The summed E-state index contributed by atoms with van der Waals surface area (Å²) >= 11 is 3.50. The molecule has 1 aromatic rings. The number of hydrogen-bond acceptors (Lipinski definition) is 2. The molecule has 0 bridgehead atoms. The van der Waals surface area contributed by atoms with Crippen LogP contribution in [0.15, 0.2) is 54.0 Å². The van der Waals surface area contributed by atoms with Crippen molar-refractivity contribution < 1.29 is 9.53 Å². The summed E-state index contributed by atoms with van der Waals surface area (Å²) in [5, 5.41) is 0. The lowest BCUT2D eigenvalue weighted by Gasteiger charge is -2.39. The first-order chi connectivity index (χ1) is 10.6. The van der Waals surface area contributed by atoms with Crippen LogP contribution in [0, 0.1) is 11.8 Å². The molecule has 1 aliphatic rings. The third-order valence-corrected chi connectivity index (χ3v) is 5.56. The molecule has 1 aromatic carbocycles. The van der Waals surface area contributed by atoms with Crippen LogP contribution < -0.4 is 0 Å². The second-order valence-electron chi connectivity index (χ2n) is 5.89. The zero-order valence-corrected chi connectivity index (χ0v) is 14.6. The number of carbonyl (C=O) groups is 1. The number of methoxy groups -OCH3 is 1. The van der Waals surface area contributed by atoms with Crippen molar-refractivity contribution in [3.05, 3.63) is 59.6 Å². The zero-order valence-electron chi connectivity index (χ0n) is 13.1. The van der Waals surface area contributed by atoms with Gasteiger partial charge in [0.1, 0.15) is 0 Å². The van der Waals surface area contributed by atoms with Gasteiger partial charge in [-0.05, 0) is 48.8 Å². The Morgan fingerprint density at radius 2 is 1.82 bits per heavy atom. The summed E-state index contributed by atoms with van der Waals surface area (Å²) in [6, 6.07) is 8.43. The zero-order chi connectivity index (χ0) is 16.2. The van der Waals surface area contributed by atoms with E-state index < -0.39 is 0 Å². The highest BCUT2D eigenvalue weighted by Gasteiger charge is 2.48. The average Bonchev–Trinajstić information content (AvgIpc) is 2.91. The van der Waals surface area contributed by atoms with Gasteiger partial charge in [-0.2, -0.15) is 0 Å². The molecule has 0 radical (unpaired) electrons.